The maximum atomic E-state index is 13.0. The van der Waals surface area contributed by atoms with Crippen molar-refractivity contribution in [1.29, 1.82) is 5.26 Å². The summed E-state index contributed by atoms with van der Waals surface area (Å²) >= 11 is 10.1. The van der Waals surface area contributed by atoms with Gasteiger partial charge in [-0.3, -0.25) is 4.79 Å². The van der Waals surface area contributed by atoms with Crippen molar-refractivity contribution < 1.29 is 19.0 Å². The van der Waals surface area contributed by atoms with Crippen LogP contribution in [0.2, 0.25) is 5.02 Å². The first-order valence-corrected chi connectivity index (χ1v) is 15.5. The van der Waals surface area contributed by atoms with Gasteiger partial charge in [0.15, 0.2) is 11.5 Å². The predicted octanol–water partition coefficient (Wildman–Crippen LogP) is 9.67. The zero-order valence-corrected chi connectivity index (χ0v) is 27.1. The average Bonchev–Trinajstić information content (AvgIpc) is 3.04. The van der Waals surface area contributed by atoms with Crippen molar-refractivity contribution in [3.63, 3.8) is 0 Å². The normalized spacial score (nSPS) is 11.1. The van der Waals surface area contributed by atoms with Crippen LogP contribution in [0.4, 0.5) is 5.69 Å². The SMILES string of the molecule is CCOc1cc(/C=C(\C#N)C(=O)Nc2ccc(OCc3ccc(Br)cc3)cc2)cc(Cl)c1OCc1c(C)ccc2ccccc12. The number of benzene rings is 5. The van der Waals surface area contributed by atoms with Crippen LogP contribution in [0.25, 0.3) is 16.8 Å². The van der Waals surface area contributed by atoms with Gasteiger partial charge < -0.3 is 19.5 Å². The topological polar surface area (TPSA) is 80.6 Å². The maximum absolute atomic E-state index is 13.0. The molecule has 1 amide bonds. The van der Waals surface area contributed by atoms with E-state index in [2.05, 4.69) is 45.5 Å². The van der Waals surface area contributed by atoms with Gasteiger partial charge in [-0.25, -0.2) is 0 Å². The number of carbonyl (C=O) groups excluding carboxylic acids is 1. The van der Waals surface area contributed by atoms with Gasteiger partial charge in [-0.15, -0.1) is 0 Å². The maximum Gasteiger partial charge on any atom is 0.266 e. The van der Waals surface area contributed by atoms with Gasteiger partial charge in [0.05, 0.1) is 11.6 Å². The summed E-state index contributed by atoms with van der Waals surface area (Å²) in [4.78, 5) is 13.0. The number of nitrogens with zero attached hydrogens (tertiary/aromatic N) is 1. The molecule has 5 aromatic rings. The summed E-state index contributed by atoms with van der Waals surface area (Å²) in [5, 5.41) is 15.1. The zero-order chi connectivity index (χ0) is 31.8. The molecule has 5 rings (SSSR count). The minimum atomic E-state index is -0.554. The molecule has 6 nitrogen and oxygen atoms in total. The lowest BCUT2D eigenvalue weighted by Gasteiger charge is -2.17. The number of ether oxygens (including phenoxy) is 3. The summed E-state index contributed by atoms with van der Waals surface area (Å²) in [7, 11) is 0. The van der Waals surface area contributed by atoms with E-state index in [-0.39, 0.29) is 5.57 Å². The number of nitrogens with one attached hydrogen (secondary N) is 1. The van der Waals surface area contributed by atoms with Crippen LogP contribution in [0.5, 0.6) is 17.2 Å². The highest BCUT2D eigenvalue weighted by atomic mass is 79.9. The van der Waals surface area contributed by atoms with Gasteiger partial charge in [0.1, 0.15) is 30.6 Å². The third-order valence-corrected chi connectivity index (χ3v) is 7.88. The number of carbonyl (C=O) groups is 1. The molecule has 5 aromatic carbocycles. The minimum Gasteiger partial charge on any atom is -0.490 e. The lowest BCUT2D eigenvalue weighted by atomic mass is 10.0. The molecule has 0 atom stereocenters. The van der Waals surface area contributed by atoms with E-state index in [1.807, 2.05) is 56.3 Å². The Morgan fingerprint density at radius 1 is 0.933 bits per heavy atom. The molecule has 0 saturated heterocycles. The largest absolute Gasteiger partial charge is 0.490 e. The van der Waals surface area contributed by atoms with E-state index >= 15 is 0 Å². The average molecular weight is 682 g/mol. The lowest BCUT2D eigenvalue weighted by molar-refractivity contribution is -0.112. The first-order valence-electron chi connectivity index (χ1n) is 14.3. The Hall–Kier alpha value is -4.77. The van der Waals surface area contributed by atoms with Crippen molar-refractivity contribution in [3.05, 3.63) is 134 Å². The number of aryl methyl sites for hydroxylation is 1. The van der Waals surface area contributed by atoms with E-state index in [9.17, 15) is 10.1 Å². The van der Waals surface area contributed by atoms with Crippen molar-refractivity contribution in [3.8, 4) is 23.3 Å². The Morgan fingerprint density at radius 3 is 2.42 bits per heavy atom. The molecule has 0 aliphatic heterocycles. The Kier molecular flexibility index (Phi) is 10.4. The monoisotopic (exact) mass is 680 g/mol. The van der Waals surface area contributed by atoms with E-state index in [0.29, 0.717) is 53.3 Å². The highest BCUT2D eigenvalue weighted by Crippen LogP contribution is 2.38. The van der Waals surface area contributed by atoms with Crippen molar-refractivity contribution >= 4 is 56.0 Å². The fourth-order valence-corrected chi connectivity index (χ4v) is 5.29. The van der Waals surface area contributed by atoms with Crippen molar-refractivity contribution in [2.45, 2.75) is 27.1 Å². The van der Waals surface area contributed by atoms with Crippen LogP contribution in [-0.2, 0) is 18.0 Å². The smallest absolute Gasteiger partial charge is 0.266 e. The number of halogens is 2. The predicted molar refractivity (Wildman–Crippen MR) is 183 cm³/mol. The summed E-state index contributed by atoms with van der Waals surface area (Å²) in [6.45, 7) is 5.00. The third-order valence-electron chi connectivity index (χ3n) is 7.07. The zero-order valence-electron chi connectivity index (χ0n) is 24.8. The first kappa shape index (κ1) is 31.6. The first-order chi connectivity index (χ1) is 21.8. The van der Waals surface area contributed by atoms with Crippen molar-refractivity contribution in [2.24, 2.45) is 0 Å². The van der Waals surface area contributed by atoms with Crippen LogP contribution in [0.1, 0.15) is 29.2 Å². The second-order valence-electron chi connectivity index (χ2n) is 10.2. The molecule has 8 heteroatoms. The van der Waals surface area contributed by atoms with Crippen LogP contribution in [-0.4, -0.2) is 12.5 Å². The van der Waals surface area contributed by atoms with E-state index in [4.69, 9.17) is 25.8 Å². The highest BCUT2D eigenvalue weighted by Gasteiger charge is 2.16. The van der Waals surface area contributed by atoms with Gasteiger partial charge >= 0.3 is 0 Å². The molecule has 0 aliphatic rings. The molecule has 0 spiro atoms. The number of rotatable bonds is 11. The van der Waals surface area contributed by atoms with Crippen molar-refractivity contribution in [2.75, 3.05) is 11.9 Å². The molecule has 0 unspecified atom stereocenters. The van der Waals surface area contributed by atoms with Gasteiger partial charge in [0, 0.05) is 15.7 Å². The Balaban J connectivity index is 1.29. The van der Waals surface area contributed by atoms with Gasteiger partial charge in [-0.05, 0) is 95.9 Å². The summed E-state index contributed by atoms with van der Waals surface area (Å²) < 4.78 is 18.9. The molecule has 0 aromatic heterocycles. The van der Waals surface area contributed by atoms with Gasteiger partial charge in [0.2, 0.25) is 0 Å². The van der Waals surface area contributed by atoms with Crippen LogP contribution in [0.3, 0.4) is 0 Å². The molecular formula is C37H30BrClN2O4. The van der Waals surface area contributed by atoms with Gasteiger partial charge in [0.25, 0.3) is 5.91 Å². The molecular weight excluding hydrogens is 652 g/mol. The molecule has 0 bridgehead atoms. The summed E-state index contributed by atoms with van der Waals surface area (Å²) in [6.07, 6.45) is 1.47. The number of fused-ring (bicyclic) bond motifs is 1. The number of hydrogen-bond donors (Lipinski definition) is 1. The molecule has 45 heavy (non-hydrogen) atoms. The standard InChI is InChI=1S/C37H30BrClN2O4/c1-3-43-35-20-26(19-34(39)36(35)45-23-33-24(2)8-11-27-6-4-5-7-32(27)33)18-28(21-40)37(42)41-30-14-16-31(17-15-30)44-22-25-9-12-29(38)13-10-25/h4-20H,3,22-23H2,1-2H3,(H,41,42)/b28-18+. The Bertz CT molecular complexity index is 1900. The quantitative estimate of drug-likeness (QED) is 0.111. The summed E-state index contributed by atoms with van der Waals surface area (Å²) in [5.74, 6) is 0.920. The number of nitriles is 1. The lowest BCUT2D eigenvalue weighted by Crippen LogP contribution is -2.13. The van der Waals surface area contributed by atoms with Crippen molar-refractivity contribution in [1.82, 2.24) is 0 Å². The molecule has 1 N–H and O–H groups in total. The van der Waals surface area contributed by atoms with Crippen LogP contribution < -0.4 is 19.5 Å². The van der Waals surface area contributed by atoms with Crippen LogP contribution in [0.15, 0.2) is 107 Å². The second-order valence-corrected chi connectivity index (χ2v) is 11.5. The highest BCUT2D eigenvalue weighted by molar-refractivity contribution is 9.10. The van der Waals surface area contributed by atoms with E-state index in [1.165, 1.54) is 6.08 Å². The second kappa shape index (κ2) is 14.8. The van der Waals surface area contributed by atoms with Crippen LogP contribution >= 0.6 is 27.5 Å². The van der Waals surface area contributed by atoms with E-state index < -0.39 is 5.91 Å². The summed E-state index contributed by atoms with van der Waals surface area (Å²) in [6, 6.07) is 32.5. The fraction of sp³-hybridized carbons (Fsp3) is 0.135. The minimum absolute atomic E-state index is 0.0934. The van der Waals surface area contributed by atoms with Gasteiger partial charge in [-0.2, -0.15) is 5.26 Å². The number of anilines is 1. The molecule has 0 heterocycles. The Labute approximate surface area is 275 Å². The number of hydrogen-bond acceptors (Lipinski definition) is 5. The van der Waals surface area contributed by atoms with Crippen LogP contribution in [0, 0.1) is 18.3 Å². The van der Waals surface area contributed by atoms with E-state index in [0.717, 1.165) is 31.9 Å². The summed E-state index contributed by atoms with van der Waals surface area (Å²) in [5.41, 5.74) is 4.16. The molecule has 0 saturated carbocycles. The molecule has 0 aliphatic carbocycles. The Morgan fingerprint density at radius 2 is 1.69 bits per heavy atom. The third kappa shape index (κ3) is 8.04. The molecule has 226 valence electrons. The van der Waals surface area contributed by atoms with Gasteiger partial charge in [-0.1, -0.05) is 76.1 Å². The molecule has 0 fully saturated rings. The van der Waals surface area contributed by atoms with E-state index in [1.54, 1.807) is 36.4 Å². The fourth-order valence-electron chi connectivity index (χ4n) is 4.75. The molecule has 0 radical (unpaired) electrons. The number of amides is 1.